The molecule has 8 heteroatoms. The zero-order valence-electron chi connectivity index (χ0n) is 16.9. The normalized spacial score (nSPS) is 13.7. The number of hydrogen-bond acceptors (Lipinski definition) is 4. The smallest absolute Gasteiger partial charge is 0.257 e. The van der Waals surface area contributed by atoms with Gasteiger partial charge in [-0.2, -0.15) is 0 Å². The number of anilines is 2. The molecule has 0 atom stereocenters. The Morgan fingerprint density at radius 2 is 1.77 bits per heavy atom. The quantitative estimate of drug-likeness (QED) is 0.449. The molecule has 1 fully saturated rings. The number of nitrogens with one attached hydrogen (secondary N) is 2. The second-order valence-corrected chi connectivity index (χ2v) is 8.74. The van der Waals surface area contributed by atoms with Crippen molar-refractivity contribution in [2.45, 2.75) is 19.8 Å². The molecule has 0 radical (unpaired) electrons. The summed E-state index contributed by atoms with van der Waals surface area (Å²) in [6, 6.07) is 15.3. The Morgan fingerprint density at radius 3 is 2.40 bits per heavy atom. The van der Waals surface area contributed by atoms with Crippen LogP contribution in [0.1, 0.15) is 30.1 Å². The van der Waals surface area contributed by atoms with Crippen LogP contribution in [-0.4, -0.2) is 48.0 Å². The Hall–Kier alpha value is -2.20. The van der Waals surface area contributed by atoms with Gasteiger partial charge in [-0.1, -0.05) is 13.0 Å². The lowest BCUT2D eigenvalue weighted by Crippen LogP contribution is -2.48. The van der Waals surface area contributed by atoms with Crippen molar-refractivity contribution in [3.05, 3.63) is 57.7 Å². The molecule has 1 aliphatic rings. The van der Waals surface area contributed by atoms with Crippen LogP contribution in [0.3, 0.4) is 0 Å². The van der Waals surface area contributed by atoms with Crippen molar-refractivity contribution < 1.29 is 9.59 Å². The van der Waals surface area contributed by atoms with E-state index in [9.17, 15) is 9.59 Å². The maximum Gasteiger partial charge on any atom is 0.257 e. The molecule has 2 N–H and O–H groups in total. The van der Waals surface area contributed by atoms with Crippen molar-refractivity contribution in [3.8, 4) is 0 Å². The molecule has 0 unspecified atom stereocenters. The fraction of sp³-hybridized carbons (Fsp3) is 0.318. The average molecular weight is 536 g/mol. The second-order valence-electron chi connectivity index (χ2n) is 7.08. The van der Waals surface area contributed by atoms with Gasteiger partial charge in [0.1, 0.15) is 0 Å². The van der Waals surface area contributed by atoms with E-state index in [4.69, 9.17) is 12.2 Å². The van der Waals surface area contributed by atoms with Crippen LogP contribution < -0.4 is 15.5 Å². The Labute approximate surface area is 196 Å². The van der Waals surface area contributed by atoms with E-state index in [1.54, 1.807) is 6.07 Å². The molecule has 0 saturated carbocycles. The molecule has 158 valence electrons. The number of carbonyl (C=O) groups excluding carboxylic acids is 2. The second kappa shape index (κ2) is 10.7. The van der Waals surface area contributed by atoms with Crippen LogP contribution in [0.5, 0.6) is 0 Å². The lowest BCUT2D eigenvalue weighted by Gasteiger charge is -2.36. The van der Waals surface area contributed by atoms with E-state index in [-0.39, 0.29) is 16.9 Å². The van der Waals surface area contributed by atoms with Crippen LogP contribution in [0.4, 0.5) is 11.4 Å². The molecular formula is C22H25IN4O2S. The fourth-order valence-corrected chi connectivity index (χ4v) is 4.06. The maximum absolute atomic E-state index is 12.3. The number of carbonyl (C=O) groups is 2. The minimum atomic E-state index is -0.238. The third-order valence-electron chi connectivity index (χ3n) is 4.90. The summed E-state index contributed by atoms with van der Waals surface area (Å²) in [6.07, 6.45) is 1.51. The number of thiocarbonyl (C=S) groups is 1. The maximum atomic E-state index is 12.3. The molecule has 1 saturated heterocycles. The largest absolute Gasteiger partial charge is 0.368 e. The van der Waals surface area contributed by atoms with Gasteiger partial charge in [0.05, 0.1) is 0 Å². The number of benzene rings is 2. The highest BCUT2D eigenvalue weighted by molar-refractivity contribution is 14.1. The summed E-state index contributed by atoms with van der Waals surface area (Å²) in [5, 5.41) is 6.01. The topological polar surface area (TPSA) is 64.7 Å². The monoisotopic (exact) mass is 536 g/mol. The first-order valence-corrected chi connectivity index (χ1v) is 11.5. The number of amides is 2. The Balaban J connectivity index is 1.50. The third-order valence-corrected chi connectivity index (χ3v) is 5.78. The van der Waals surface area contributed by atoms with Gasteiger partial charge in [-0.3, -0.25) is 14.9 Å². The predicted octanol–water partition coefficient (Wildman–Crippen LogP) is 3.87. The molecule has 6 nitrogen and oxygen atoms in total. The van der Waals surface area contributed by atoms with Gasteiger partial charge < -0.3 is 15.1 Å². The molecule has 2 amide bonds. The first kappa shape index (κ1) is 22.5. The summed E-state index contributed by atoms with van der Waals surface area (Å²) in [4.78, 5) is 28.5. The highest BCUT2D eigenvalue weighted by atomic mass is 127. The van der Waals surface area contributed by atoms with Gasteiger partial charge in [0.2, 0.25) is 5.91 Å². The van der Waals surface area contributed by atoms with E-state index in [1.165, 1.54) is 0 Å². The van der Waals surface area contributed by atoms with Crippen molar-refractivity contribution in [2.75, 3.05) is 36.4 Å². The van der Waals surface area contributed by atoms with Crippen molar-refractivity contribution >= 4 is 63.1 Å². The summed E-state index contributed by atoms with van der Waals surface area (Å²) >= 11 is 7.44. The summed E-state index contributed by atoms with van der Waals surface area (Å²) in [7, 11) is 0. The van der Waals surface area contributed by atoms with Gasteiger partial charge in [-0.15, -0.1) is 0 Å². The van der Waals surface area contributed by atoms with Crippen molar-refractivity contribution in [1.82, 2.24) is 10.2 Å². The van der Waals surface area contributed by atoms with Crippen LogP contribution in [0.2, 0.25) is 0 Å². The first-order valence-electron chi connectivity index (χ1n) is 9.97. The number of halogens is 1. The van der Waals surface area contributed by atoms with Crippen molar-refractivity contribution in [3.63, 3.8) is 0 Å². The average Bonchev–Trinajstić information content (AvgIpc) is 2.74. The van der Waals surface area contributed by atoms with E-state index in [0.29, 0.717) is 12.0 Å². The first-order chi connectivity index (χ1) is 14.5. The third kappa shape index (κ3) is 6.15. The molecule has 0 aromatic heterocycles. The summed E-state index contributed by atoms with van der Waals surface area (Å²) in [5.74, 6) is 0.00981. The minimum Gasteiger partial charge on any atom is -0.368 e. The molecule has 0 aliphatic carbocycles. The Morgan fingerprint density at radius 1 is 1.07 bits per heavy atom. The molecular weight excluding hydrogens is 511 g/mol. The van der Waals surface area contributed by atoms with E-state index >= 15 is 0 Å². The van der Waals surface area contributed by atoms with Crippen LogP contribution in [-0.2, 0) is 4.79 Å². The molecule has 3 rings (SSSR count). The molecule has 30 heavy (non-hydrogen) atoms. The molecule has 2 aromatic carbocycles. The zero-order valence-corrected chi connectivity index (χ0v) is 19.8. The van der Waals surface area contributed by atoms with Crippen molar-refractivity contribution in [2.24, 2.45) is 0 Å². The van der Waals surface area contributed by atoms with Gasteiger partial charge in [-0.25, -0.2) is 0 Å². The number of hydrogen-bond donors (Lipinski definition) is 2. The summed E-state index contributed by atoms with van der Waals surface area (Å²) in [6.45, 7) is 5.20. The minimum absolute atomic E-state index is 0.238. The molecule has 1 aliphatic heterocycles. The van der Waals surface area contributed by atoms with Gasteiger partial charge in [0.15, 0.2) is 5.11 Å². The molecule has 2 aromatic rings. The SMILES string of the molecule is CCCC(=O)N1CCN(c2ccc(NC(=S)NC(=O)c3cccc(I)c3)cc2)CC1. The fourth-order valence-electron chi connectivity index (χ4n) is 3.31. The zero-order chi connectivity index (χ0) is 21.5. The lowest BCUT2D eigenvalue weighted by molar-refractivity contribution is -0.131. The highest BCUT2D eigenvalue weighted by Crippen LogP contribution is 2.20. The van der Waals surface area contributed by atoms with Crippen LogP contribution in [0, 0.1) is 3.57 Å². The Bertz CT molecular complexity index is 912. The van der Waals surface area contributed by atoms with Crippen LogP contribution >= 0.6 is 34.8 Å². The molecule has 0 spiro atoms. The molecule has 1 heterocycles. The van der Waals surface area contributed by atoms with Crippen LogP contribution in [0.15, 0.2) is 48.5 Å². The van der Waals surface area contributed by atoms with Crippen LogP contribution in [0.25, 0.3) is 0 Å². The van der Waals surface area contributed by atoms with E-state index < -0.39 is 0 Å². The number of rotatable bonds is 5. The van der Waals surface area contributed by atoms with E-state index in [2.05, 4.69) is 38.1 Å². The van der Waals surface area contributed by atoms with E-state index in [1.807, 2.05) is 54.3 Å². The molecule has 0 bridgehead atoms. The summed E-state index contributed by atoms with van der Waals surface area (Å²) in [5.41, 5.74) is 2.48. The van der Waals surface area contributed by atoms with Crippen molar-refractivity contribution in [1.29, 1.82) is 0 Å². The van der Waals surface area contributed by atoms with Gasteiger partial charge in [-0.05, 0) is 83.7 Å². The van der Waals surface area contributed by atoms with Gasteiger partial charge in [0.25, 0.3) is 5.91 Å². The number of nitrogens with zero attached hydrogens (tertiary/aromatic N) is 2. The lowest BCUT2D eigenvalue weighted by atomic mass is 10.2. The predicted molar refractivity (Wildman–Crippen MR) is 133 cm³/mol. The van der Waals surface area contributed by atoms with E-state index in [0.717, 1.165) is 47.5 Å². The standard InChI is InChI=1S/C22H25IN4O2S/c1-2-4-20(28)27-13-11-26(12-14-27)19-9-7-18(8-10-19)24-22(30)25-21(29)16-5-3-6-17(23)15-16/h3,5-10,15H,2,4,11-14H2,1H3,(H2,24,25,29,30). The number of piperazine rings is 1. The van der Waals surface area contributed by atoms with Gasteiger partial charge in [0, 0.05) is 53.1 Å². The Kier molecular flexibility index (Phi) is 8.03. The highest BCUT2D eigenvalue weighted by Gasteiger charge is 2.20. The van der Waals surface area contributed by atoms with Gasteiger partial charge >= 0.3 is 0 Å². The summed E-state index contributed by atoms with van der Waals surface area (Å²) < 4.78 is 0.991.